The molecule has 0 bridgehead atoms. The Kier molecular flexibility index (Phi) is 4.25. The van der Waals surface area contributed by atoms with Crippen molar-refractivity contribution in [2.45, 2.75) is 39.8 Å². The van der Waals surface area contributed by atoms with E-state index in [9.17, 15) is 14.9 Å². The zero-order chi connectivity index (χ0) is 20.0. The van der Waals surface area contributed by atoms with Gasteiger partial charge in [-0.05, 0) is 26.8 Å². The Bertz CT molecular complexity index is 1060. The first-order chi connectivity index (χ1) is 13.3. The van der Waals surface area contributed by atoms with E-state index in [1.165, 1.54) is 12.1 Å². The van der Waals surface area contributed by atoms with Crippen molar-refractivity contribution in [1.82, 2.24) is 19.7 Å². The van der Waals surface area contributed by atoms with Gasteiger partial charge in [0.2, 0.25) is 5.89 Å². The van der Waals surface area contributed by atoms with Crippen molar-refractivity contribution < 1.29 is 18.6 Å². The van der Waals surface area contributed by atoms with Crippen LogP contribution in [0, 0.1) is 17.0 Å². The number of amides is 1. The molecule has 10 heteroatoms. The van der Waals surface area contributed by atoms with Crippen molar-refractivity contribution in [2.75, 3.05) is 6.54 Å². The Morgan fingerprint density at radius 2 is 2.11 bits per heavy atom. The Morgan fingerprint density at radius 3 is 2.71 bits per heavy atom. The van der Waals surface area contributed by atoms with E-state index in [1.807, 2.05) is 25.5 Å². The number of oxazole rings is 1. The molecule has 4 rings (SSSR count). The lowest BCUT2D eigenvalue weighted by Crippen LogP contribution is -2.36. The van der Waals surface area contributed by atoms with Gasteiger partial charge in [-0.3, -0.25) is 19.6 Å². The summed E-state index contributed by atoms with van der Waals surface area (Å²) in [7, 11) is 0. The van der Waals surface area contributed by atoms with Crippen LogP contribution < -0.4 is 0 Å². The average molecular weight is 385 g/mol. The second-order valence-corrected chi connectivity index (χ2v) is 6.96. The largest absolute Gasteiger partial charge is 0.440 e. The second kappa shape index (κ2) is 6.63. The van der Waals surface area contributed by atoms with Gasteiger partial charge in [-0.25, -0.2) is 4.98 Å². The SMILES string of the molecule is Cc1cnc(-c2nn(C(C)C)c3c2CN(C(=O)c2ccc([N+](=O)[O-])o2)CC3)o1. The Balaban J connectivity index is 1.68. The van der Waals surface area contributed by atoms with Gasteiger partial charge in [0.1, 0.15) is 10.7 Å². The third-order valence-corrected chi connectivity index (χ3v) is 4.67. The van der Waals surface area contributed by atoms with E-state index in [0.29, 0.717) is 36.9 Å². The summed E-state index contributed by atoms with van der Waals surface area (Å²) in [4.78, 5) is 28.8. The summed E-state index contributed by atoms with van der Waals surface area (Å²) in [5.74, 6) is 0.181. The van der Waals surface area contributed by atoms with Crippen molar-refractivity contribution >= 4 is 11.8 Å². The number of carbonyl (C=O) groups is 1. The molecule has 3 aromatic rings. The number of nitro groups is 1. The molecular formula is C18H19N5O5. The maximum Gasteiger partial charge on any atom is 0.433 e. The molecule has 0 N–H and O–H groups in total. The lowest BCUT2D eigenvalue weighted by molar-refractivity contribution is -0.402. The number of rotatable bonds is 4. The van der Waals surface area contributed by atoms with Crippen LogP contribution in [-0.4, -0.2) is 37.0 Å². The van der Waals surface area contributed by atoms with E-state index >= 15 is 0 Å². The number of furan rings is 1. The van der Waals surface area contributed by atoms with Crippen molar-refractivity contribution in [3.8, 4) is 11.6 Å². The number of hydrogen-bond acceptors (Lipinski definition) is 7. The Labute approximate surface area is 159 Å². The second-order valence-electron chi connectivity index (χ2n) is 6.96. The van der Waals surface area contributed by atoms with E-state index in [-0.39, 0.29) is 11.8 Å². The van der Waals surface area contributed by atoms with Crippen LogP contribution >= 0.6 is 0 Å². The van der Waals surface area contributed by atoms with Crippen LogP contribution in [0.3, 0.4) is 0 Å². The minimum Gasteiger partial charge on any atom is -0.440 e. The van der Waals surface area contributed by atoms with Crippen LogP contribution in [-0.2, 0) is 13.0 Å². The van der Waals surface area contributed by atoms with Gasteiger partial charge in [-0.15, -0.1) is 0 Å². The third kappa shape index (κ3) is 2.96. The molecule has 28 heavy (non-hydrogen) atoms. The minimum absolute atomic E-state index is 0.0556. The smallest absolute Gasteiger partial charge is 0.433 e. The van der Waals surface area contributed by atoms with Crippen LogP contribution in [0.15, 0.2) is 27.2 Å². The van der Waals surface area contributed by atoms with Crippen LogP contribution in [0.5, 0.6) is 0 Å². The monoisotopic (exact) mass is 385 g/mol. The summed E-state index contributed by atoms with van der Waals surface area (Å²) in [6.45, 7) is 6.64. The fraction of sp³-hybridized carbons (Fsp3) is 0.389. The van der Waals surface area contributed by atoms with Crippen LogP contribution in [0.4, 0.5) is 5.88 Å². The highest BCUT2D eigenvalue weighted by molar-refractivity contribution is 5.92. The normalized spacial score (nSPS) is 13.8. The molecule has 0 aromatic carbocycles. The first-order valence-electron chi connectivity index (χ1n) is 8.91. The minimum atomic E-state index is -0.666. The van der Waals surface area contributed by atoms with Crippen molar-refractivity contribution in [3.63, 3.8) is 0 Å². The average Bonchev–Trinajstić information content (AvgIpc) is 3.38. The summed E-state index contributed by atoms with van der Waals surface area (Å²) in [6.07, 6.45) is 2.23. The van der Waals surface area contributed by atoms with Gasteiger partial charge in [0.05, 0.1) is 18.8 Å². The fourth-order valence-corrected chi connectivity index (χ4v) is 3.38. The standard InChI is InChI=1S/C18H19N5O5/c1-10(2)22-13-6-7-21(18(24)14-4-5-15(28-14)23(25)26)9-12(13)16(20-22)17-19-8-11(3)27-17/h4-5,8,10H,6-7,9H2,1-3H3. The summed E-state index contributed by atoms with van der Waals surface area (Å²) in [5.41, 5.74) is 2.52. The fourth-order valence-electron chi connectivity index (χ4n) is 3.38. The lowest BCUT2D eigenvalue weighted by atomic mass is 10.0. The maximum absolute atomic E-state index is 12.8. The van der Waals surface area contributed by atoms with Crippen LogP contribution in [0.2, 0.25) is 0 Å². The predicted molar refractivity (Wildman–Crippen MR) is 96.7 cm³/mol. The number of fused-ring (bicyclic) bond motifs is 1. The summed E-state index contributed by atoms with van der Waals surface area (Å²) in [6, 6.07) is 2.65. The van der Waals surface area contributed by atoms with E-state index in [1.54, 1.807) is 11.1 Å². The zero-order valence-corrected chi connectivity index (χ0v) is 15.7. The van der Waals surface area contributed by atoms with Gasteiger partial charge in [-0.2, -0.15) is 5.10 Å². The maximum atomic E-state index is 12.8. The summed E-state index contributed by atoms with van der Waals surface area (Å²) >= 11 is 0. The highest BCUT2D eigenvalue weighted by Crippen LogP contribution is 2.32. The summed E-state index contributed by atoms with van der Waals surface area (Å²) in [5, 5.41) is 15.5. The molecule has 146 valence electrons. The quantitative estimate of drug-likeness (QED) is 0.500. The molecule has 1 aliphatic rings. The molecular weight excluding hydrogens is 366 g/mol. The molecule has 0 radical (unpaired) electrons. The van der Waals surface area contributed by atoms with Crippen molar-refractivity contribution in [2.24, 2.45) is 0 Å². The third-order valence-electron chi connectivity index (χ3n) is 4.67. The van der Waals surface area contributed by atoms with Gasteiger partial charge in [-0.1, -0.05) is 0 Å². The van der Waals surface area contributed by atoms with Gasteiger partial charge in [0.15, 0.2) is 11.5 Å². The number of aryl methyl sites for hydroxylation is 1. The molecule has 10 nitrogen and oxygen atoms in total. The Hall–Kier alpha value is -3.43. The molecule has 0 aliphatic carbocycles. The highest BCUT2D eigenvalue weighted by atomic mass is 16.6. The van der Waals surface area contributed by atoms with Gasteiger partial charge >= 0.3 is 5.88 Å². The van der Waals surface area contributed by atoms with Gasteiger partial charge < -0.3 is 13.7 Å². The molecule has 1 amide bonds. The molecule has 0 spiro atoms. The molecule has 1 aliphatic heterocycles. The molecule has 0 atom stereocenters. The van der Waals surface area contributed by atoms with E-state index in [4.69, 9.17) is 8.83 Å². The Morgan fingerprint density at radius 1 is 1.32 bits per heavy atom. The molecule has 4 heterocycles. The molecule has 0 saturated heterocycles. The summed E-state index contributed by atoms with van der Waals surface area (Å²) < 4.78 is 12.7. The number of carbonyl (C=O) groups excluding carboxylic acids is 1. The van der Waals surface area contributed by atoms with E-state index in [0.717, 1.165) is 11.3 Å². The molecule has 3 aromatic heterocycles. The lowest BCUT2D eigenvalue weighted by Gasteiger charge is -2.27. The van der Waals surface area contributed by atoms with Crippen molar-refractivity contribution in [3.05, 3.63) is 51.2 Å². The number of hydrogen-bond donors (Lipinski definition) is 0. The van der Waals surface area contributed by atoms with Gasteiger partial charge in [0.25, 0.3) is 5.91 Å². The van der Waals surface area contributed by atoms with Crippen molar-refractivity contribution in [1.29, 1.82) is 0 Å². The van der Waals surface area contributed by atoms with E-state index in [2.05, 4.69) is 10.1 Å². The molecule has 0 saturated carbocycles. The topological polar surface area (TPSA) is 120 Å². The number of nitrogens with zero attached hydrogens (tertiary/aromatic N) is 5. The highest BCUT2D eigenvalue weighted by Gasteiger charge is 2.32. The number of aromatic nitrogens is 3. The first kappa shape index (κ1) is 18.0. The molecule has 0 fully saturated rings. The van der Waals surface area contributed by atoms with Gasteiger partial charge in [0, 0.05) is 30.3 Å². The van der Waals surface area contributed by atoms with Crippen LogP contribution in [0.25, 0.3) is 11.6 Å². The van der Waals surface area contributed by atoms with Crippen LogP contribution in [0.1, 0.15) is 47.5 Å². The van der Waals surface area contributed by atoms with E-state index < -0.39 is 16.7 Å². The molecule has 0 unspecified atom stereocenters. The predicted octanol–water partition coefficient (Wildman–Crippen LogP) is 3.13. The zero-order valence-electron chi connectivity index (χ0n) is 15.7. The first-order valence-corrected chi connectivity index (χ1v) is 8.91.